The molecule has 0 aliphatic heterocycles. The number of carbonyl (C=O) groups is 2. The molecule has 3 rings (SSSR count). The summed E-state index contributed by atoms with van der Waals surface area (Å²) < 4.78 is 49.1. The highest BCUT2D eigenvalue weighted by Crippen LogP contribution is 2.32. The molecule has 0 aliphatic rings. The van der Waals surface area contributed by atoms with Crippen LogP contribution in [0.4, 0.5) is 18.0 Å². The van der Waals surface area contributed by atoms with Gasteiger partial charge >= 0.3 is 18.3 Å². The van der Waals surface area contributed by atoms with Crippen LogP contribution in [0.1, 0.15) is 38.4 Å². The largest absolute Gasteiger partial charge is 0.510 e. The number of hydrogen-bond acceptors (Lipinski definition) is 9. The van der Waals surface area contributed by atoms with Crippen molar-refractivity contribution in [1.82, 2.24) is 25.0 Å². The van der Waals surface area contributed by atoms with Crippen molar-refractivity contribution in [3.63, 3.8) is 0 Å². The molecule has 1 atom stereocenters. The number of carboxylic acids is 1. The molecule has 2 aromatic heterocycles. The smallest absolute Gasteiger partial charge is 0.481 e. The van der Waals surface area contributed by atoms with E-state index >= 15 is 0 Å². The van der Waals surface area contributed by atoms with Gasteiger partial charge in [-0.25, -0.2) is 14.8 Å². The second-order valence-electron chi connectivity index (χ2n) is 8.27. The van der Waals surface area contributed by atoms with Crippen LogP contribution in [-0.4, -0.2) is 48.8 Å². The van der Waals surface area contributed by atoms with Gasteiger partial charge in [0.25, 0.3) is 0 Å². The van der Waals surface area contributed by atoms with Crippen LogP contribution in [0.15, 0.2) is 30.5 Å². The number of aromatic nitrogens is 5. The number of halogens is 4. The van der Waals surface area contributed by atoms with Gasteiger partial charge in [-0.15, -0.1) is 15.0 Å². The van der Waals surface area contributed by atoms with E-state index in [-0.39, 0.29) is 33.4 Å². The summed E-state index contributed by atoms with van der Waals surface area (Å²) >= 11 is 6.16. The number of carboxylic acid groups (broad SMARTS) is 1. The minimum absolute atomic E-state index is 0.00551. The SMILES string of the molecule is CC(OC(=O)OCC(C)(C)C(=O)O)n1nc(C#N)c(-c2cc(Cl)cc(-c3nccc(C(F)(F)F)n3)c2)n1. The molecule has 1 N–H and O–H groups in total. The molecule has 11 nitrogen and oxygen atoms in total. The van der Waals surface area contributed by atoms with Gasteiger partial charge in [0, 0.05) is 22.3 Å². The first-order valence-electron chi connectivity index (χ1n) is 10.4. The van der Waals surface area contributed by atoms with E-state index in [9.17, 15) is 28.0 Å². The van der Waals surface area contributed by atoms with Crippen molar-refractivity contribution in [1.29, 1.82) is 5.26 Å². The second-order valence-corrected chi connectivity index (χ2v) is 8.70. The summed E-state index contributed by atoms with van der Waals surface area (Å²) in [6.07, 6.45) is -6.09. The first-order valence-corrected chi connectivity index (χ1v) is 10.7. The molecule has 0 radical (unpaired) electrons. The summed E-state index contributed by atoms with van der Waals surface area (Å²) in [4.78, 5) is 31.4. The van der Waals surface area contributed by atoms with Gasteiger partial charge in [-0.1, -0.05) is 11.6 Å². The standard InChI is InChI=1S/C22H18ClF3N6O5/c1-11(37-20(35)36-10-21(2,3)19(33)34)32-30-15(9-27)17(31-32)12-6-13(8-14(23)7-12)18-28-5-4-16(29-18)22(24,25)26/h4-8,11H,10H2,1-3H3,(H,33,34). The minimum Gasteiger partial charge on any atom is -0.481 e. The lowest BCUT2D eigenvalue weighted by Gasteiger charge is -2.19. The maximum absolute atomic E-state index is 13.1. The predicted molar refractivity (Wildman–Crippen MR) is 120 cm³/mol. The van der Waals surface area contributed by atoms with Gasteiger partial charge in [0.05, 0.1) is 5.41 Å². The van der Waals surface area contributed by atoms with Gasteiger partial charge in [0.2, 0.25) is 6.23 Å². The molecule has 37 heavy (non-hydrogen) atoms. The van der Waals surface area contributed by atoms with Crippen molar-refractivity contribution in [3.8, 4) is 28.7 Å². The third-order valence-corrected chi connectivity index (χ3v) is 5.05. The van der Waals surface area contributed by atoms with Crippen LogP contribution in [0.2, 0.25) is 5.02 Å². The third-order valence-electron chi connectivity index (χ3n) is 4.83. The molecule has 0 spiro atoms. The van der Waals surface area contributed by atoms with Crippen LogP contribution in [-0.2, 0) is 20.4 Å². The van der Waals surface area contributed by atoms with E-state index in [1.807, 2.05) is 6.07 Å². The molecule has 0 fully saturated rings. The summed E-state index contributed by atoms with van der Waals surface area (Å²) in [6.45, 7) is 3.62. The van der Waals surface area contributed by atoms with Gasteiger partial charge in [-0.05, 0) is 45.0 Å². The molecule has 0 saturated heterocycles. The number of ether oxygens (including phenoxy) is 2. The van der Waals surface area contributed by atoms with Crippen LogP contribution < -0.4 is 0 Å². The van der Waals surface area contributed by atoms with E-state index in [2.05, 4.69) is 20.2 Å². The molecule has 1 unspecified atom stereocenters. The number of nitrogens with zero attached hydrogens (tertiary/aromatic N) is 6. The topological polar surface area (TPSA) is 153 Å². The van der Waals surface area contributed by atoms with Crippen LogP contribution >= 0.6 is 11.6 Å². The molecular weight excluding hydrogens is 521 g/mol. The molecule has 3 aromatic rings. The van der Waals surface area contributed by atoms with Crippen LogP contribution in [0.3, 0.4) is 0 Å². The summed E-state index contributed by atoms with van der Waals surface area (Å²) in [5, 5.41) is 26.8. The Bertz CT molecular complexity index is 1390. The fraction of sp³-hybridized carbons (Fsp3) is 0.318. The van der Waals surface area contributed by atoms with Gasteiger partial charge in [0.1, 0.15) is 24.1 Å². The van der Waals surface area contributed by atoms with E-state index in [0.717, 1.165) is 17.1 Å². The predicted octanol–water partition coefficient (Wildman–Crippen LogP) is 4.73. The highest BCUT2D eigenvalue weighted by molar-refractivity contribution is 6.31. The van der Waals surface area contributed by atoms with Gasteiger partial charge in [-0.2, -0.15) is 18.4 Å². The number of nitriles is 1. The molecule has 194 valence electrons. The van der Waals surface area contributed by atoms with E-state index in [1.54, 1.807) is 0 Å². The van der Waals surface area contributed by atoms with Crippen LogP contribution in [0, 0.1) is 16.7 Å². The van der Waals surface area contributed by atoms with E-state index in [4.69, 9.17) is 26.2 Å². The normalized spacial score (nSPS) is 12.5. The van der Waals surface area contributed by atoms with Crippen LogP contribution in [0.25, 0.3) is 22.6 Å². The molecule has 15 heteroatoms. The molecule has 0 bridgehead atoms. The van der Waals surface area contributed by atoms with E-state index < -0.39 is 42.2 Å². The van der Waals surface area contributed by atoms with E-state index in [0.29, 0.717) is 0 Å². The zero-order valence-corrected chi connectivity index (χ0v) is 20.2. The molecule has 0 aliphatic carbocycles. The maximum atomic E-state index is 13.1. The van der Waals surface area contributed by atoms with Gasteiger partial charge in [-0.3, -0.25) is 4.79 Å². The number of rotatable bonds is 7. The average Bonchev–Trinajstić information content (AvgIpc) is 3.27. The van der Waals surface area contributed by atoms with Crippen molar-refractivity contribution < 1.29 is 37.3 Å². The summed E-state index contributed by atoms with van der Waals surface area (Å²) in [5.41, 5.74) is -2.36. The highest BCUT2D eigenvalue weighted by atomic mass is 35.5. The number of carbonyl (C=O) groups excluding carboxylic acids is 1. The van der Waals surface area contributed by atoms with Crippen LogP contribution in [0.5, 0.6) is 0 Å². The zero-order valence-electron chi connectivity index (χ0n) is 19.4. The Morgan fingerprint density at radius 3 is 2.51 bits per heavy atom. The maximum Gasteiger partial charge on any atom is 0.510 e. The van der Waals surface area contributed by atoms with Crippen molar-refractivity contribution in [2.24, 2.45) is 5.41 Å². The van der Waals surface area contributed by atoms with Crippen molar-refractivity contribution in [2.45, 2.75) is 33.2 Å². The zero-order chi connectivity index (χ0) is 27.5. The highest BCUT2D eigenvalue weighted by Gasteiger charge is 2.33. The van der Waals surface area contributed by atoms with Gasteiger partial charge < -0.3 is 14.6 Å². The first kappa shape index (κ1) is 27.3. The lowest BCUT2D eigenvalue weighted by atomic mass is 9.95. The number of alkyl halides is 3. The lowest BCUT2D eigenvalue weighted by molar-refractivity contribution is -0.149. The fourth-order valence-corrected chi connectivity index (χ4v) is 3.02. The van der Waals surface area contributed by atoms with Crippen molar-refractivity contribution >= 4 is 23.7 Å². The summed E-state index contributed by atoms with van der Waals surface area (Å²) in [5.74, 6) is -1.44. The van der Waals surface area contributed by atoms with Crippen molar-refractivity contribution in [3.05, 3.63) is 46.9 Å². The Morgan fingerprint density at radius 1 is 1.22 bits per heavy atom. The molecule has 0 amide bonds. The number of benzene rings is 1. The minimum atomic E-state index is -4.68. The Morgan fingerprint density at radius 2 is 1.89 bits per heavy atom. The fourth-order valence-electron chi connectivity index (χ4n) is 2.79. The molecule has 1 aromatic carbocycles. The Hall–Kier alpha value is -4.25. The molecule has 0 saturated carbocycles. The summed E-state index contributed by atoms with van der Waals surface area (Å²) in [6, 6.07) is 6.69. The first-order chi connectivity index (χ1) is 17.2. The van der Waals surface area contributed by atoms with Gasteiger partial charge in [0.15, 0.2) is 11.5 Å². The molecule has 2 heterocycles. The Kier molecular flexibility index (Phi) is 7.68. The van der Waals surface area contributed by atoms with Crippen molar-refractivity contribution in [2.75, 3.05) is 6.61 Å². The Balaban J connectivity index is 1.88. The average molecular weight is 539 g/mol. The summed E-state index contributed by atoms with van der Waals surface area (Å²) in [7, 11) is 0. The number of aliphatic carboxylic acids is 1. The monoisotopic (exact) mass is 538 g/mol. The lowest BCUT2D eigenvalue weighted by Crippen LogP contribution is -2.31. The Labute approximate surface area is 212 Å². The second kappa shape index (κ2) is 10.4. The third kappa shape index (κ3) is 6.50. The van der Waals surface area contributed by atoms with E-state index in [1.165, 1.54) is 39.0 Å². The molecular formula is C22H18ClF3N6O5. The number of hydrogen-bond donors (Lipinski definition) is 1. The quantitative estimate of drug-likeness (QED) is 0.417.